The summed E-state index contributed by atoms with van der Waals surface area (Å²) in [5.41, 5.74) is 0.427. The highest BCUT2D eigenvalue weighted by Crippen LogP contribution is 2.20. The Morgan fingerprint density at radius 1 is 1.41 bits per heavy atom. The van der Waals surface area contributed by atoms with Gasteiger partial charge in [-0.3, -0.25) is 4.79 Å². The molecule has 0 saturated heterocycles. The maximum Gasteiger partial charge on any atom is 0.272 e. The number of halogens is 3. The SMILES string of the molecule is O=C(Nc1ccc(Cl)cc1F)c1cc(Br)c[nH]1. The first-order valence-corrected chi connectivity index (χ1v) is 5.83. The molecular formula is C11H7BrClFN2O. The number of amides is 1. The topological polar surface area (TPSA) is 44.9 Å². The quantitative estimate of drug-likeness (QED) is 0.869. The summed E-state index contributed by atoms with van der Waals surface area (Å²) in [6, 6.07) is 5.66. The summed E-state index contributed by atoms with van der Waals surface area (Å²) in [6.07, 6.45) is 1.62. The number of carbonyl (C=O) groups excluding carboxylic acids is 1. The van der Waals surface area contributed by atoms with Crippen LogP contribution in [-0.2, 0) is 0 Å². The Hall–Kier alpha value is -1.33. The van der Waals surface area contributed by atoms with Crippen molar-refractivity contribution in [2.45, 2.75) is 0 Å². The lowest BCUT2D eigenvalue weighted by atomic mass is 10.3. The van der Waals surface area contributed by atoms with E-state index in [0.29, 0.717) is 5.69 Å². The monoisotopic (exact) mass is 316 g/mol. The molecule has 1 aromatic carbocycles. The molecule has 2 rings (SSSR count). The minimum absolute atomic E-state index is 0.0881. The number of carbonyl (C=O) groups is 1. The van der Waals surface area contributed by atoms with Gasteiger partial charge in [-0.1, -0.05) is 11.6 Å². The average molecular weight is 318 g/mol. The third-order valence-electron chi connectivity index (χ3n) is 2.07. The lowest BCUT2D eigenvalue weighted by Crippen LogP contribution is -2.13. The number of hydrogen-bond donors (Lipinski definition) is 2. The van der Waals surface area contributed by atoms with Crippen LogP contribution in [0.3, 0.4) is 0 Å². The minimum atomic E-state index is -0.573. The molecule has 88 valence electrons. The molecule has 1 heterocycles. The van der Waals surface area contributed by atoms with Crippen LogP contribution in [0.25, 0.3) is 0 Å². The Morgan fingerprint density at radius 3 is 2.76 bits per heavy atom. The van der Waals surface area contributed by atoms with E-state index in [9.17, 15) is 9.18 Å². The van der Waals surface area contributed by atoms with E-state index in [1.807, 2.05) is 0 Å². The van der Waals surface area contributed by atoms with Crippen molar-refractivity contribution in [2.75, 3.05) is 5.32 Å². The molecule has 3 nitrogen and oxygen atoms in total. The number of benzene rings is 1. The fourth-order valence-electron chi connectivity index (χ4n) is 1.28. The summed E-state index contributed by atoms with van der Waals surface area (Å²) < 4.78 is 14.2. The molecule has 0 fully saturated rings. The Labute approximate surface area is 110 Å². The molecule has 0 radical (unpaired) electrons. The molecular weight excluding hydrogens is 310 g/mol. The van der Waals surface area contributed by atoms with Gasteiger partial charge in [0.15, 0.2) is 0 Å². The summed E-state index contributed by atoms with van der Waals surface area (Å²) in [7, 11) is 0. The standard InChI is InChI=1S/C11H7BrClFN2O/c12-6-3-10(15-5-6)11(17)16-9-2-1-7(13)4-8(9)14/h1-5,15H,(H,16,17). The molecule has 0 aliphatic carbocycles. The van der Waals surface area contributed by atoms with Crippen LogP contribution in [0.1, 0.15) is 10.5 Å². The number of H-pyrrole nitrogens is 1. The Kier molecular flexibility index (Phi) is 3.49. The fraction of sp³-hybridized carbons (Fsp3) is 0. The number of nitrogens with one attached hydrogen (secondary N) is 2. The highest BCUT2D eigenvalue weighted by molar-refractivity contribution is 9.10. The van der Waals surface area contributed by atoms with Crippen LogP contribution < -0.4 is 5.32 Å². The molecule has 0 aliphatic heterocycles. The van der Waals surface area contributed by atoms with Crippen molar-refractivity contribution in [3.63, 3.8) is 0 Å². The summed E-state index contributed by atoms with van der Waals surface area (Å²) in [6.45, 7) is 0. The fourth-order valence-corrected chi connectivity index (χ4v) is 1.78. The smallest absolute Gasteiger partial charge is 0.272 e. The summed E-state index contributed by atoms with van der Waals surface area (Å²) in [4.78, 5) is 14.5. The van der Waals surface area contributed by atoms with Gasteiger partial charge < -0.3 is 10.3 Å². The van der Waals surface area contributed by atoms with E-state index in [2.05, 4.69) is 26.2 Å². The van der Waals surface area contributed by atoms with Crippen molar-refractivity contribution >= 4 is 39.1 Å². The second kappa shape index (κ2) is 4.89. The van der Waals surface area contributed by atoms with Gasteiger partial charge in [0.25, 0.3) is 5.91 Å². The van der Waals surface area contributed by atoms with E-state index in [1.54, 1.807) is 12.3 Å². The molecule has 0 atom stereocenters. The van der Waals surface area contributed by atoms with E-state index in [0.717, 1.165) is 10.5 Å². The molecule has 17 heavy (non-hydrogen) atoms. The number of aromatic nitrogens is 1. The second-order valence-corrected chi connectivity index (χ2v) is 4.66. The Morgan fingerprint density at radius 2 is 2.18 bits per heavy atom. The first kappa shape index (κ1) is 12.1. The van der Waals surface area contributed by atoms with Crippen molar-refractivity contribution in [2.24, 2.45) is 0 Å². The molecule has 6 heteroatoms. The van der Waals surface area contributed by atoms with Gasteiger partial charge in [-0.25, -0.2) is 4.39 Å². The number of hydrogen-bond acceptors (Lipinski definition) is 1. The zero-order valence-electron chi connectivity index (χ0n) is 8.43. The van der Waals surface area contributed by atoms with Crippen molar-refractivity contribution in [3.05, 3.63) is 51.5 Å². The molecule has 0 saturated carbocycles. The van der Waals surface area contributed by atoms with Crippen molar-refractivity contribution < 1.29 is 9.18 Å². The maximum absolute atomic E-state index is 13.4. The molecule has 2 N–H and O–H groups in total. The molecule has 1 aromatic heterocycles. The van der Waals surface area contributed by atoms with Gasteiger partial charge in [0, 0.05) is 15.7 Å². The molecule has 2 aromatic rings. The van der Waals surface area contributed by atoms with Crippen LogP contribution in [0.15, 0.2) is 34.9 Å². The number of rotatable bonds is 2. The van der Waals surface area contributed by atoms with Crippen molar-refractivity contribution in [1.82, 2.24) is 4.98 Å². The largest absolute Gasteiger partial charge is 0.356 e. The zero-order chi connectivity index (χ0) is 12.4. The van der Waals surface area contributed by atoms with Gasteiger partial charge in [-0.05, 0) is 40.2 Å². The molecule has 1 amide bonds. The van der Waals surface area contributed by atoms with Crippen LogP contribution >= 0.6 is 27.5 Å². The van der Waals surface area contributed by atoms with Gasteiger partial charge in [0.05, 0.1) is 5.69 Å². The summed E-state index contributed by atoms with van der Waals surface area (Å²) in [5.74, 6) is -0.992. The number of anilines is 1. The zero-order valence-corrected chi connectivity index (χ0v) is 10.8. The summed E-state index contributed by atoms with van der Waals surface area (Å²) in [5, 5.41) is 2.72. The van der Waals surface area contributed by atoms with E-state index in [1.165, 1.54) is 12.1 Å². The lowest BCUT2D eigenvalue weighted by molar-refractivity contribution is 0.102. The van der Waals surface area contributed by atoms with Gasteiger partial charge in [0.2, 0.25) is 0 Å². The third-order valence-corrected chi connectivity index (χ3v) is 2.76. The Bertz CT molecular complexity index is 570. The molecule has 0 aliphatic rings. The molecule has 0 bridgehead atoms. The van der Waals surface area contributed by atoms with Gasteiger partial charge in [-0.15, -0.1) is 0 Å². The van der Waals surface area contributed by atoms with Crippen molar-refractivity contribution in [1.29, 1.82) is 0 Å². The van der Waals surface area contributed by atoms with E-state index >= 15 is 0 Å². The first-order chi connectivity index (χ1) is 8.06. The van der Waals surface area contributed by atoms with Gasteiger partial charge in [0.1, 0.15) is 11.5 Å². The molecule has 0 spiro atoms. The van der Waals surface area contributed by atoms with Gasteiger partial charge >= 0.3 is 0 Å². The third kappa shape index (κ3) is 2.87. The summed E-state index contributed by atoms with van der Waals surface area (Å²) >= 11 is 8.82. The second-order valence-electron chi connectivity index (χ2n) is 3.31. The van der Waals surface area contributed by atoms with Crippen LogP contribution in [0.4, 0.5) is 10.1 Å². The van der Waals surface area contributed by atoms with E-state index in [4.69, 9.17) is 11.6 Å². The highest BCUT2D eigenvalue weighted by atomic mass is 79.9. The van der Waals surface area contributed by atoms with E-state index in [-0.39, 0.29) is 10.7 Å². The minimum Gasteiger partial charge on any atom is -0.356 e. The predicted molar refractivity (Wildman–Crippen MR) is 67.9 cm³/mol. The van der Waals surface area contributed by atoms with Crippen LogP contribution in [0.5, 0.6) is 0 Å². The number of aromatic amines is 1. The lowest BCUT2D eigenvalue weighted by Gasteiger charge is -2.05. The molecule has 0 unspecified atom stereocenters. The van der Waals surface area contributed by atoms with Gasteiger partial charge in [-0.2, -0.15) is 0 Å². The van der Waals surface area contributed by atoms with Crippen LogP contribution in [-0.4, -0.2) is 10.9 Å². The maximum atomic E-state index is 13.4. The highest BCUT2D eigenvalue weighted by Gasteiger charge is 2.11. The average Bonchev–Trinajstić information content (AvgIpc) is 2.69. The predicted octanol–water partition coefficient (Wildman–Crippen LogP) is 3.82. The van der Waals surface area contributed by atoms with Crippen LogP contribution in [0.2, 0.25) is 5.02 Å². The van der Waals surface area contributed by atoms with E-state index < -0.39 is 11.7 Å². The van der Waals surface area contributed by atoms with Crippen LogP contribution in [0, 0.1) is 5.82 Å². The van der Waals surface area contributed by atoms with Crippen molar-refractivity contribution in [3.8, 4) is 0 Å². The first-order valence-electron chi connectivity index (χ1n) is 4.66. The Balaban J connectivity index is 2.18. The normalized spacial score (nSPS) is 10.3.